The Morgan fingerprint density at radius 2 is 2.00 bits per heavy atom. The number of carbonyl (C=O) groups excluding carboxylic acids is 1. The highest BCUT2D eigenvalue weighted by Crippen LogP contribution is 2.18. The molecule has 2 rings (SSSR count). The van der Waals surface area contributed by atoms with Crippen LogP contribution in [0.4, 0.5) is 0 Å². The van der Waals surface area contributed by atoms with Gasteiger partial charge in [0, 0.05) is 13.1 Å². The summed E-state index contributed by atoms with van der Waals surface area (Å²) in [6.07, 6.45) is -0.655. The lowest BCUT2D eigenvalue weighted by atomic mass is 10.2. The van der Waals surface area contributed by atoms with Gasteiger partial charge in [-0.2, -0.15) is 4.31 Å². The lowest BCUT2D eigenvalue weighted by molar-refractivity contribution is -0.131. The lowest BCUT2D eigenvalue weighted by Crippen LogP contribution is -2.47. The first-order valence-electron chi connectivity index (χ1n) is 5.69. The monoisotopic (exact) mass is 269 g/mol. The third-order valence-electron chi connectivity index (χ3n) is 2.86. The van der Waals surface area contributed by atoms with Crippen molar-refractivity contribution in [2.75, 3.05) is 19.7 Å². The van der Waals surface area contributed by atoms with Crippen molar-refractivity contribution in [2.24, 2.45) is 0 Å². The van der Waals surface area contributed by atoms with Crippen molar-refractivity contribution < 1.29 is 17.9 Å². The fourth-order valence-electron chi connectivity index (χ4n) is 1.83. The van der Waals surface area contributed by atoms with Gasteiger partial charge in [0.25, 0.3) is 0 Å². The summed E-state index contributed by atoms with van der Waals surface area (Å²) in [4.78, 5) is 11.5. The highest BCUT2D eigenvalue weighted by Gasteiger charge is 2.32. The van der Waals surface area contributed by atoms with Crippen molar-refractivity contribution in [3.05, 3.63) is 30.3 Å². The molecule has 0 N–H and O–H groups in total. The van der Waals surface area contributed by atoms with E-state index in [0.29, 0.717) is 0 Å². The quantitative estimate of drug-likeness (QED) is 0.809. The maximum Gasteiger partial charge on any atom is 0.243 e. The topological polar surface area (TPSA) is 63.7 Å². The maximum atomic E-state index is 12.3. The summed E-state index contributed by atoms with van der Waals surface area (Å²) >= 11 is 0. The number of morpholine rings is 1. The summed E-state index contributed by atoms with van der Waals surface area (Å²) in [6.45, 7) is 2.02. The molecule has 1 aromatic rings. The molecule has 1 heterocycles. The van der Waals surface area contributed by atoms with Gasteiger partial charge in [-0.1, -0.05) is 18.2 Å². The molecule has 18 heavy (non-hydrogen) atoms. The summed E-state index contributed by atoms with van der Waals surface area (Å²) in [5.41, 5.74) is 0. The van der Waals surface area contributed by atoms with E-state index < -0.39 is 16.1 Å². The van der Waals surface area contributed by atoms with E-state index in [1.807, 2.05) is 0 Å². The van der Waals surface area contributed by atoms with Crippen molar-refractivity contribution in [2.45, 2.75) is 17.9 Å². The molecule has 0 spiro atoms. The summed E-state index contributed by atoms with van der Waals surface area (Å²) in [5.74, 6) is -0.150. The number of hydrogen-bond donors (Lipinski definition) is 0. The lowest BCUT2D eigenvalue weighted by Gasteiger charge is -2.30. The smallest absolute Gasteiger partial charge is 0.243 e. The third-order valence-corrected chi connectivity index (χ3v) is 4.74. The molecule has 1 unspecified atom stereocenters. The van der Waals surface area contributed by atoms with E-state index in [1.54, 1.807) is 30.3 Å². The van der Waals surface area contributed by atoms with Gasteiger partial charge in [0.1, 0.15) is 6.10 Å². The Labute approximate surface area is 106 Å². The predicted octanol–water partition coefficient (Wildman–Crippen LogP) is 0.665. The van der Waals surface area contributed by atoms with Crippen molar-refractivity contribution in [1.29, 1.82) is 0 Å². The van der Waals surface area contributed by atoms with E-state index in [2.05, 4.69) is 0 Å². The van der Waals surface area contributed by atoms with Gasteiger partial charge >= 0.3 is 0 Å². The molecular formula is C12H15NO4S. The summed E-state index contributed by atoms with van der Waals surface area (Å²) in [6, 6.07) is 8.21. The summed E-state index contributed by atoms with van der Waals surface area (Å²) < 4.78 is 31.2. The average Bonchev–Trinajstić information content (AvgIpc) is 2.40. The highest BCUT2D eigenvalue weighted by atomic mass is 32.2. The van der Waals surface area contributed by atoms with Gasteiger partial charge in [0.15, 0.2) is 5.78 Å². The molecule has 6 heteroatoms. The number of nitrogens with zero attached hydrogens (tertiary/aromatic N) is 1. The van der Waals surface area contributed by atoms with Gasteiger partial charge in [-0.15, -0.1) is 0 Å². The minimum Gasteiger partial charge on any atom is -0.368 e. The van der Waals surface area contributed by atoms with Crippen LogP contribution >= 0.6 is 0 Å². The van der Waals surface area contributed by atoms with Gasteiger partial charge in [-0.25, -0.2) is 8.42 Å². The van der Waals surface area contributed by atoms with Gasteiger partial charge in [-0.05, 0) is 19.1 Å². The van der Waals surface area contributed by atoms with Crippen molar-refractivity contribution in [3.63, 3.8) is 0 Å². The zero-order valence-corrected chi connectivity index (χ0v) is 10.9. The van der Waals surface area contributed by atoms with E-state index in [-0.39, 0.29) is 30.4 Å². The van der Waals surface area contributed by atoms with Crippen LogP contribution in [0.2, 0.25) is 0 Å². The van der Waals surface area contributed by atoms with E-state index in [9.17, 15) is 13.2 Å². The zero-order chi connectivity index (χ0) is 13.2. The molecule has 0 aliphatic carbocycles. The number of hydrogen-bond acceptors (Lipinski definition) is 4. The minimum atomic E-state index is -3.53. The Balaban J connectivity index is 2.23. The molecule has 1 atom stereocenters. The standard InChI is InChI=1S/C12H15NO4S/c1-10(14)12-9-13(7-8-17-12)18(15,16)11-5-3-2-4-6-11/h2-6,12H,7-9H2,1H3. The van der Waals surface area contributed by atoms with Crippen LogP contribution in [0, 0.1) is 0 Å². The van der Waals surface area contributed by atoms with Crippen LogP contribution in [-0.2, 0) is 19.6 Å². The number of sulfonamides is 1. The van der Waals surface area contributed by atoms with Crippen LogP contribution in [0.3, 0.4) is 0 Å². The number of ketones is 1. The van der Waals surface area contributed by atoms with Crippen molar-refractivity contribution in [3.8, 4) is 0 Å². The van der Waals surface area contributed by atoms with E-state index in [0.717, 1.165) is 0 Å². The van der Waals surface area contributed by atoms with Crippen molar-refractivity contribution in [1.82, 2.24) is 4.31 Å². The van der Waals surface area contributed by atoms with E-state index in [1.165, 1.54) is 11.2 Å². The number of carbonyl (C=O) groups is 1. The van der Waals surface area contributed by atoms with Crippen LogP contribution in [0.1, 0.15) is 6.92 Å². The first-order chi connectivity index (χ1) is 8.51. The van der Waals surface area contributed by atoms with E-state index >= 15 is 0 Å². The molecule has 0 amide bonds. The Bertz CT molecular complexity index is 526. The molecule has 0 saturated carbocycles. The molecule has 0 bridgehead atoms. The van der Waals surface area contributed by atoms with Gasteiger partial charge < -0.3 is 4.74 Å². The fraction of sp³-hybridized carbons (Fsp3) is 0.417. The van der Waals surface area contributed by atoms with Gasteiger partial charge in [-0.3, -0.25) is 4.79 Å². The molecule has 1 aliphatic heterocycles. The Hall–Kier alpha value is -1.24. The molecule has 1 fully saturated rings. The second-order valence-electron chi connectivity index (χ2n) is 4.15. The fourth-order valence-corrected chi connectivity index (χ4v) is 3.28. The van der Waals surface area contributed by atoms with Crippen LogP contribution in [-0.4, -0.2) is 44.3 Å². The molecule has 1 aliphatic rings. The normalized spacial score (nSPS) is 21.7. The minimum absolute atomic E-state index is 0.0898. The Kier molecular flexibility index (Phi) is 3.79. The van der Waals surface area contributed by atoms with Crippen LogP contribution in [0.15, 0.2) is 35.2 Å². The van der Waals surface area contributed by atoms with Crippen LogP contribution in [0.5, 0.6) is 0 Å². The first-order valence-corrected chi connectivity index (χ1v) is 7.13. The highest BCUT2D eigenvalue weighted by molar-refractivity contribution is 7.89. The summed E-state index contributed by atoms with van der Waals surface area (Å²) in [5, 5.41) is 0. The van der Waals surface area contributed by atoms with Crippen LogP contribution < -0.4 is 0 Å². The second kappa shape index (κ2) is 5.17. The molecule has 0 aromatic heterocycles. The molecule has 1 saturated heterocycles. The third kappa shape index (κ3) is 2.60. The Morgan fingerprint density at radius 1 is 1.33 bits per heavy atom. The van der Waals surface area contributed by atoms with Gasteiger partial charge in [0.2, 0.25) is 10.0 Å². The SMILES string of the molecule is CC(=O)C1CN(S(=O)(=O)c2ccccc2)CCO1. The van der Waals surface area contributed by atoms with Crippen molar-refractivity contribution >= 4 is 15.8 Å². The largest absolute Gasteiger partial charge is 0.368 e. The predicted molar refractivity (Wildman–Crippen MR) is 65.6 cm³/mol. The molecule has 98 valence electrons. The Morgan fingerprint density at radius 3 is 2.61 bits per heavy atom. The maximum absolute atomic E-state index is 12.3. The molecule has 1 aromatic carbocycles. The van der Waals surface area contributed by atoms with Crippen LogP contribution in [0.25, 0.3) is 0 Å². The molecule has 0 radical (unpaired) electrons. The number of rotatable bonds is 3. The zero-order valence-electron chi connectivity index (χ0n) is 10.1. The second-order valence-corrected chi connectivity index (χ2v) is 6.08. The molecular weight excluding hydrogens is 254 g/mol. The number of ether oxygens (including phenoxy) is 1. The number of benzene rings is 1. The first kappa shape index (κ1) is 13.2. The number of Topliss-reactive ketones (excluding diaryl/α,β-unsaturated/α-hetero) is 1. The average molecular weight is 269 g/mol. The van der Waals surface area contributed by atoms with E-state index in [4.69, 9.17) is 4.74 Å². The van der Waals surface area contributed by atoms with Gasteiger partial charge in [0.05, 0.1) is 11.5 Å². The molecule has 5 nitrogen and oxygen atoms in total. The summed E-state index contributed by atoms with van der Waals surface area (Å²) in [7, 11) is -3.53.